The molecule has 0 fully saturated rings. The molecule has 0 N–H and O–H groups in total. The number of nitrogens with zero attached hydrogens (tertiary/aromatic N) is 3. The normalized spacial score (nSPS) is 11.0. The van der Waals surface area contributed by atoms with Gasteiger partial charge < -0.3 is 4.42 Å². The van der Waals surface area contributed by atoms with Crippen LogP contribution in [0.4, 0.5) is 4.39 Å². The van der Waals surface area contributed by atoms with Gasteiger partial charge in [-0.2, -0.15) is 0 Å². The van der Waals surface area contributed by atoms with Crippen molar-refractivity contribution < 1.29 is 8.81 Å². The lowest BCUT2D eigenvalue weighted by Crippen LogP contribution is -2.01. The van der Waals surface area contributed by atoms with Gasteiger partial charge in [0.05, 0.1) is 11.8 Å². The zero-order valence-corrected chi connectivity index (χ0v) is 15.4. The molecule has 24 heavy (non-hydrogen) atoms. The van der Waals surface area contributed by atoms with Gasteiger partial charge in [0.15, 0.2) is 11.0 Å². The largest absolute Gasteiger partial charge is 0.469 e. The Kier molecular flexibility index (Phi) is 5.20. The molecule has 3 aromatic rings. The van der Waals surface area contributed by atoms with Crippen LogP contribution in [0.25, 0.3) is 11.4 Å². The standard InChI is InChI=1S/C17H15BrFN3OS/c1-3-7-22-16(14-6-8-23-11(14)2)20-21-17(22)24-10-12-4-5-13(18)9-15(12)19/h3-6,8-9H,1,7,10H2,2H3. The predicted molar refractivity (Wildman–Crippen MR) is 96.3 cm³/mol. The maximum absolute atomic E-state index is 14.0. The average Bonchev–Trinajstić information content (AvgIpc) is 3.13. The first kappa shape index (κ1) is 17.0. The van der Waals surface area contributed by atoms with Gasteiger partial charge in [-0.05, 0) is 30.7 Å². The van der Waals surface area contributed by atoms with Gasteiger partial charge in [0.2, 0.25) is 0 Å². The van der Waals surface area contributed by atoms with Gasteiger partial charge in [0.25, 0.3) is 0 Å². The first-order chi connectivity index (χ1) is 11.6. The molecule has 2 heterocycles. The molecule has 0 bridgehead atoms. The molecule has 0 aliphatic heterocycles. The Labute approximate surface area is 151 Å². The van der Waals surface area contributed by atoms with Crippen molar-refractivity contribution in [3.63, 3.8) is 0 Å². The van der Waals surface area contributed by atoms with Crippen LogP contribution in [0.15, 0.2) is 57.2 Å². The molecule has 4 nitrogen and oxygen atoms in total. The van der Waals surface area contributed by atoms with Crippen LogP contribution in [-0.4, -0.2) is 14.8 Å². The van der Waals surface area contributed by atoms with Crippen molar-refractivity contribution in [3.05, 3.63) is 64.8 Å². The van der Waals surface area contributed by atoms with Crippen LogP contribution in [0.2, 0.25) is 0 Å². The molecule has 0 aliphatic rings. The number of hydrogen-bond donors (Lipinski definition) is 0. The van der Waals surface area contributed by atoms with Crippen LogP contribution in [0.5, 0.6) is 0 Å². The summed E-state index contributed by atoms with van der Waals surface area (Å²) in [6.45, 7) is 6.24. The van der Waals surface area contributed by atoms with Crippen molar-refractivity contribution in [1.82, 2.24) is 14.8 Å². The summed E-state index contributed by atoms with van der Waals surface area (Å²) < 4.78 is 22.0. The molecule has 7 heteroatoms. The third-order valence-corrected chi connectivity index (χ3v) is 5.01. The summed E-state index contributed by atoms with van der Waals surface area (Å²) in [5.74, 6) is 1.74. The van der Waals surface area contributed by atoms with E-state index in [-0.39, 0.29) is 5.82 Å². The van der Waals surface area contributed by atoms with Crippen molar-refractivity contribution in [2.24, 2.45) is 0 Å². The van der Waals surface area contributed by atoms with Crippen LogP contribution in [0.3, 0.4) is 0 Å². The zero-order chi connectivity index (χ0) is 17.1. The van der Waals surface area contributed by atoms with Crippen LogP contribution in [0.1, 0.15) is 11.3 Å². The topological polar surface area (TPSA) is 43.9 Å². The van der Waals surface area contributed by atoms with Crippen LogP contribution in [-0.2, 0) is 12.3 Å². The monoisotopic (exact) mass is 407 g/mol. The molecule has 0 saturated carbocycles. The van der Waals surface area contributed by atoms with Crippen molar-refractivity contribution in [2.75, 3.05) is 0 Å². The highest BCUT2D eigenvalue weighted by Gasteiger charge is 2.17. The lowest BCUT2D eigenvalue weighted by molar-refractivity contribution is 0.534. The number of hydrogen-bond acceptors (Lipinski definition) is 4. The van der Waals surface area contributed by atoms with Gasteiger partial charge in [0, 0.05) is 16.8 Å². The second-order valence-corrected chi connectivity index (χ2v) is 6.98. The number of allylic oxidation sites excluding steroid dienone is 1. The SMILES string of the molecule is C=CCn1c(SCc2ccc(Br)cc2F)nnc1-c1ccoc1C. The van der Waals surface area contributed by atoms with Crippen molar-refractivity contribution in [3.8, 4) is 11.4 Å². The Morgan fingerprint density at radius 3 is 2.88 bits per heavy atom. The lowest BCUT2D eigenvalue weighted by Gasteiger charge is -2.07. The summed E-state index contributed by atoms with van der Waals surface area (Å²) in [5.41, 5.74) is 1.52. The molecular formula is C17H15BrFN3OS. The number of furan rings is 1. The predicted octanol–water partition coefficient (Wildman–Crippen LogP) is 5.23. The van der Waals surface area contributed by atoms with E-state index < -0.39 is 0 Å². The summed E-state index contributed by atoms with van der Waals surface area (Å²) in [4.78, 5) is 0. The van der Waals surface area contributed by atoms with E-state index in [1.807, 2.05) is 23.6 Å². The minimum Gasteiger partial charge on any atom is -0.469 e. The summed E-state index contributed by atoms with van der Waals surface area (Å²) >= 11 is 4.70. The minimum absolute atomic E-state index is 0.238. The second-order valence-electron chi connectivity index (χ2n) is 5.12. The summed E-state index contributed by atoms with van der Waals surface area (Å²) in [6.07, 6.45) is 3.41. The molecule has 3 rings (SSSR count). The van der Waals surface area contributed by atoms with Gasteiger partial charge >= 0.3 is 0 Å². The van der Waals surface area contributed by atoms with E-state index in [0.29, 0.717) is 23.0 Å². The van der Waals surface area contributed by atoms with Gasteiger partial charge in [-0.3, -0.25) is 4.57 Å². The van der Waals surface area contributed by atoms with E-state index in [2.05, 4.69) is 32.7 Å². The van der Waals surface area contributed by atoms with Crippen molar-refractivity contribution in [1.29, 1.82) is 0 Å². The summed E-state index contributed by atoms with van der Waals surface area (Å²) in [7, 11) is 0. The van der Waals surface area contributed by atoms with Crippen LogP contribution in [0, 0.1) is 12.7 Å². The van der Waals surface area contributed by atoms with Crippen LogP contribution >= 0.6 is 27.7 Å². The van der Waals surface area contributed by atoms with E-state index in [1.54, 1.807) is 18.4 Å². The third-order valence-electron chi connectivity index (χ3n) is 3.50. The van der Waals surface area contributed by atoms with Gasteiger partial charge in [-0.15, -0.1) is 16.8 Å². The number of halogens is 2. The van der Waals surface area contributed by atoms with Crippen molar-refractivity contribution >= 4 is 27.7 Å². The Morgan fingerprint density at radius 2 is 2.21 bits per heavy atom. The zero-order valence-electron chi connectivity index (χ0n) is 13.0. The maximum atomic E-state index is 14.0. The quantitative estimate of drug-likeness (QED) is 0.414. The van der Waals surface area contributed by atoms with E-state index in [1.165, 1.54) is 17.8 Å². The highest BCUT2D eigenvalue weighted by atomic mass is 79.9. The molecule has 0 atom stereocenters. The average molecular weight is 408 g/mol. The van der Waals surface area contributed by atoms with E-state index in [4.69, 9.17) is 4.42 Å². The van der Waals surface area contributed by atoms with Crippen LogP contribution < -0.4 is 0 Å². The number of rotatable bonds is 6. The molecular weight excluding hydrogens is 393 g/mol. The number of thioether (sulfide) groups is 1. The molecule has 0 spiro atoms. The third kappa shape index (κ3) is 3.47. The molecule has 0 amide bonds. The fourth-order valence-electron chi connectivity index (χ4n) is 2.29. The first-order valence-electron chi connectivity index (χ1n) is 7.25. The lowest BCUT2D eigenvalue weighted by atomic mass is 10.2. The fraction of sp³-hybridized carbons (Fsp3) is 0.176. The molecule has 124 valence electrons. The van der Waals surface area contributed by atoms with Gasteiger partial charge in [0.1, 0.15) is 11.6 Å². The highest BCUT2D eigenvalue weighted by molar-refractivity contribution is 9.10. The van der Waals surface area contributed by atoms with Crippen molar-refractivity contribution in [2.45, 2.75) is 24.4 Å². The summed E-state index contributed by atoms with van der Waals surface area (Å²) in [6, 6.07) is 6.92. The van der Waals surface area contributed by atoms with Gasteiger partial charge in [-0.25, -0.2) is 4.39 Å². The van der Waals surface area contributed by atoms with Gasteiger partial charge in [-0.1, -0.05) is 39.8 Å². The van der Waals surface area contributed by atoms with E-state index in [9.17, 15) is 4.39 Å². The maximum Gasteiger partial charge on any atom is 0.192 e. The Morgan fingerprint density at radius 1 is 1.38 bits per heavy atom. The van der Waals surface area contributed by atoms with E-state index >= 15 is 0 Å². The highest BCUT2D eigenvalue weighted by Crippen LogP contribution is 2.29. The minimum atomic E-state index is -0.238. The Balaban J connectivity index is 1.87. The number of benzene rings is 1. The molecule has 0 saturated heterocycles. The van der Waals surface area contributed by atoms with E-state index in [0.717, 1.165) is 21.6 Å². The molecule has 0 unspecified atom stereocenters. The number of aryl methyl sites for hydroxylation is 1. The molecule has 0 radical (unpaired) electrons. The second kappa shape index (κ2) is 7.36. The smallest absolute Gasteiger partial charge is 0.192 e. The fourth-order valence-corrected chi connectivity index (χ4v) is 3.55. The Hall–Kier alpha value is -1.86. The molecule has 0 aliphatic carbocycles. The number of aromatic nitrogens is 3. The Bertz CT molecular complexity index is 875. The summed E-state index contributed by atoms with van der Waals surface area (Å²) in [5, 5.41) is 9.23. The first-order valence-corrected chi connectivity index (χ1v) is 9.03. The molecule has 1 aromatic carbocycles. The molecule has 2 aromatic heterocycles.